The minimum Gasteiger partial charge on any atom is -0.462 e. The third-order valence-corrected chi connectivity index (χ3v) is 18.9. The molecule has 0 bridgehead atoms. The Balaban J connectivity index is 5.20. The number of unbranched alkanes of at least 4 members (excludes halogenated alkanes) is 42. The molecule has 0 aliphatic carbocycles. The Bertz CT molecular complexity index is 1790. The number of carbonyl (C=O) groups excluding carboxylic acids is 4. The molecule has 17 nitrogen and oxygen atoms in total. The summed E-state index contributed by atoms with van der Waals surface area (Å²) in [4.78, 5) is 72.6. The van der Waals surface area contributed by atoms with Crippen LogP contribution in [0.1, 0.15) is 375 Å². The monoisotopic (exact) mass is 1350 g/mol. The van der Waals surface area contributed by atoms with Gasteiger partial charge in [0.25, 0.3) is 0 Å². The maximum absolute atomic E-state index is 13.1. The van der Waals surface area contributed by atoms with Gasteiger partial charge < -0.3 is 33.8 Å². The maximum Gasteiger partial charge on any atom is 0.472 e. The van der Waals surface area contributed by atoms with Crippen molar-refractivity contribution in [2.75, 3.05) is 39.6 Å². The van der Waals surface area contributed by atoms with Gasteiger partial charge in [0, 0.05) is 25.7 Å². The van der Waals surface area contributed by atoms with Gasteiger partial charge in [0.15, 0.2) is 12.2 Å². The number of aliphatic hydroxyl groups excluding tert-OH is 1. The van der Waals surface area contributed by atoms with E-state index >= 15 is 0 Å². The molecule has 0 heterocycles. The average molecular weight is 1350 g/mol. The van der Waals surface area contributed by atoms with Crippen LogP contribution in [0, 0.1) is 11.8 Å². The molecule has 0 aliphatic rings. The minimum atomic E-state index is -4.95. The lowest BCUT2D eigenvalue weighted by atomic mass is 10.0. The molecule has 0 saturated carbocycles. The van der Waals surface area contributed by atoms with Crippen molar-refractivity contribution in [2.24, 2.45) is 11.8 Å². The number of hydrogen-bond donors (Lipinski definition) is 3. The second-order valence-corrected chi connectivity index (χ2v) is 30.2. The van der Waals surface area contributed by atoms with E-state index in [-0.39, 0.29) is 25.7 Å². The van der Waals surface area contributed by atoms with Crippen LogP contribution in [0.15, 0.2) is 0 Å². The van der Waals surface area contributed by atoms with Crippen LogP contribution in [0.3, 0.4) is 0 Å². The predicted molar refractivity (Wildman–Crippen MR) is 372 cm³/mol. The van der Waals surface area contributed by atoms with Gasteiger partial charge in [-0.1, -0.05) is 324 Å². The molecule has 2 unspecified atom stereocenters. The van der Waals surface area contributed by atoms with Crippen molar-refractivity contribution >= 4 is 39.5 Å². The van der Waals surface area contributed by atoms with Crippen molar-refractivity contribution < 1.29 is 80.2 Å². The number of rotatable bonds is 72. The zero-order valence-electron chi connectivity index (χ0n) is 59.9. The number of aliphatic hydroxyl groups is 1. The summed E-state index contributed by atoms with van der Waals surface area (Å²) in [6, 6.07) is 0. The first-order chi connectivity index (χ1) is 44.4. The Morgan fingerprint density at radius 3 is 0.739 bits per heavy atom. The first-order valence-corrected chi connectivity index (χ1v) is 41.0. The van der Waals surface area contributed by atoms with Gasteiger partial charge in [0.1, 0.15) is 19.3 Å². The molecule has 0 aromatic carbocycles. The molecule has 92 heavy (non-hydrogen) atoms. The quantitative estimate of drug-likeness (QED) is 0.0222. The number of carbonyl (C=O) groups is 4. The van der Waals surface area contributed by atoms with Crippen molar-refractivity contribution in [1.82, 2.24) is 0 Å². The van der Waals surface area contributed by atoms with Crippen LogP contribution in [-0.4, -0.2) is 96.7 Å². The van der Waals surface area contributed by atoms with E-state index in [4.69, 9.17) is 37.0 Å². The second kappa shape index (κ2) is 65.0. The molecule has 5 atom stereocenters. The van der Waals surface area contributed by atoms with E-state index in [1.165, 1.54) is 193 Å². The van der Waals surface area contributed by atoms with Crippen LogP contribution in [-0.2, 0) is 65.4 Å². The maximum atomic E-state index is 13.1. The fourth-order valence-electron chi connectivity index (χ4n) is 11.1. The van der Waals surface area contributed by atoms with Gasteiger partial charge >= 0.3 is 39.5 Å². The summed E-state index contributed by atoms with van der Waals surface area (Å²) in [6.45, 7) is 9.58. The highest BCUT2D eigenvalue weighted by Crippen LogP contribution is 2.45. The molecule has 0 amide bonds. The third-order valence-electron chi connectivity index (χ3n) is 17.0. The Morgan fingerprint density at radius 2 is 0.500 bits per heavy atom. The summed E-state index contributed by atoms with van der Waals surface area (Å²) in [7, 11) is -9.90. The van der Waals surface area contributed by atoms with Crippen LogP contribution < -0.4 is 0 Å². The van der Waals surface area contributed by atoms with E-state index in [2.05, 4.69) is 41.5 Å². The number of ether oxygens (including phenoxy) is 4. The largest absolute Gasteiger partial charge is 0.472 e. The first-order valence-electron chi connectivity index (χ1n) is 38.0. The number of hydrogen-bond acceptors (Lipinski definition) is 15. The molecule has 0 spiro atoms. The van der Waals surface area contributed by atoms with Gasteiger partial charge in [-0.3, -0.25) is 37.3 Å². The van der Waals surface area contributed by atoms with Crippen molar-refractivity contribution in [3.05, 3.63) is 0 Å². The van der Waals surface area contributed by atoms with Crippen LogP contribution >= 0.6 is 15.6 Å². The van der Waals surface area contributed by atoms with Crippen molar-refractivity contribution in [3.8, 4) is 0 Å². The Kier molecular flexibility index (Phi) is 63.7. The van der Waals surface area contributed by atoms with Gasteiger partial charge in [0.05, 0.1) is 26.4 Å². The van der Waals surface area contributed by atoms with E-state index in [9.17, 15) is 43.2 Å². The summed E-state index contributed by atoms with van der Waals surface area (Å²) in [6.07, 6.45) is 51.3. The zero-order valence-corrected chi connectivity index (χ0v) is 61.6. The van der Waals surface area contributed by atoms with Gasteiger partial charge in [0.2, 0.25) is 0 Å². The molecule has 0 radical (unpaired) electrons. The van der Waals surface area contributed by atoms with Crippen molar-refractivity contribution in [3.63, 3.8) is 0 Å². The van der Waals surface area contributed by atoms with Gasteiger partial charge in [-0.25, -0.2) is 9.13 Å². The molecule has 0 aromatic rings. The molecule has 0 rings (SSSR count). The summed E-state index contributed by atoms with van der Waals surface area (Å²) >= 11 is 0. The number of esters is 4. The Labute approximate surface area is 562 Å². The lowest BCUT2D eigenvalue weighted by Crippen LogP contribution is -2.30. The Hall–Kier alpha value is -1.94. The summed E-state index contributed by atoms with van der Waals surface area (Å²) in [5, 5.41) is 10.6. The van der Waals surface area contributed by atoms with E-state index in [0.717, 1.165) is 102 Å². The van der Waals surface area contributed by atoms with Crippen LogP contribution in [0.4, 0.5) is 0 Å². The molecule has 0 saturated heterocycles. The van der Waals surface area contributed by atoms with Crippen LogP contribution in [0.2, 0.25) is 0 Å². The molecular weight excluding hydrogens is 1210 g/mol. The fourth-order valence-corrected chi connectivity index (χ4v) is 12.7. The number of phosphoric ester groups is 2. The second-order valence-electron chi connectivity index (χ2n) is 27.3. The average Bonchev–Trinajstić information content (AvgIpc) is 1.47. The minimum absolute atomic E-state index is 0.106. The highest BCUT2D eigenvalue weighted by molar-refractivity contribution is 7.47. The fraction of sp³-hybridized carbons (Fsp3) is 0.945. The van der Waals surface area contributed by atoms with Gasteiger partial charge in [-0.05, 0) is 37.5 Å². The zero-order chi connectivity index (χ0) is 67.9. The van der Waals surface area contributed by atoms with Gasteiger partial charge in [-0.2, -0.15) is 0 Å². The van der Waals surface area contributed by atoms with Crippen LogP contribution in [0.25, 0.3) is 0 Å². The highest BCUT2D eigenvalue weighted by Gasteiger charge is 2.30. The van der Waals surface area contributed by atoms with E-state index in [1.807, 2.05) is 0 Å². The summed E-state index contributed by atoms with van der Waals surface area (Å²) in [5.41, 5.74) is 0. The lowest BCUT2D eigenvalue weighted by Gasteiger charge is -2.21. The summed E-state index contributed by atoms with van der Waals surface area (Å²) in [5.74, 6) is -0.540. The first kappa shape index (κ1) is 90.1. The standard InChI is InChI=1S/C73H142O17P2/c1-7-9-11-13-15-17-32-39-45-51-57-72(77)89-68(61-83-70(75)55-49-43-37-29-16-14-12-10-8-2)63-87-91(79,80)85-59-67(74)60-86-92(81,82)88-64-69(62-84-71(76)56-50-44-38-33-28-24-26-31-36-42-48-54-66(5)6)90-73(78)58-52-46-40-34-27-23-21-19-18-20-22-25-30-35-41-47-53-65(3)4/h65-69,74H,7-64H2,1-6H3,(H,79,80)(H,81,82)/t67-,68+,69+/m0/s1. The molecular formula is C73H142O17P2. The summed E-state index contributed by atoms with van der Waals surface area (Å²) < 4.78 is 68.3. The molecule has 19 heteroatoms. The number of phosphoric acid groups is 2. The molecule has 3 N–H and O–H groups in total. The molecule has 0 fully saturated rings. The molecule has 546 valence electrons. The Morgan fingerprint density at radius 1 is 0.293 bits per heavy atom. The smallest absolute Gasteiger partial charge is 0.462 e. The van der Waals surface area contributed by atoms with E-state index in [1.54, 1.807) is 0 Å². The third kappa shape index (κ3) is 66.7. The van der Waals surface area contributed by atoms with Crippen molar-refractivity contribution in [2.45, 2.75) is 394 Å². The van der Waals surface area contributed by atoms with E-state index < -0.39 is 97.5 Å². The highest BCUT2D eigenvalue weighted by atomic mass is 31.2. The van der Waals surface area contributed by atoms with Crippen LogP contribution in [0.5, 0.6) is 0 Å². The topological polar surface area (TPSA) is 237 Å². The van der Waals surface area contributed by atoms with E-state index in [0.29, 0.717) is 25.7 Å². The lowest BCUT2D eigenvalue weighted by molar-refractivity contribution is -0.161. The molecule has 0 aliphatic heterocycles. The normalized spacial score (nSPS) is 14.1. The van der Waals surface area contributed by atoms with Gasteiger partial charge in [-0.15, -0.1) is 0 Å². The van der Waals surface area contributed by atoms with Crippen molar-refractivity contribution in [1.29, 1.82) is 0 Å². The SMILES string of the molecule is CCCCCCCCCCCCC(=O)O[C@H](COC(=O)CCCCCCCCCCC)COP(=O)(O)OC[C@H](O)COP(=O)(O)OC[C@@H](COC(=O)CCCCCCCCCCCCCC(C)C)OC(=O)CCCCCCCCCCCCCCCCCCC(C)C. The molecule has 0 aromatic heterocycles. The predicted octanol–water partition coefficient (Wildman–Crippen LogP) is 21.2.